The molecule has 8 nitrogen and oxygen atoms in total. The van der Waals surface area contributed by atoms with Gasteiger partial charge in [-0.1, -0.05) is 6.07 Å². The Kier molecular flexibility index (Phi) is 4.41. The molecule has 2 amide bonds. The fraction of sp³-hybridized carbons (Fsp3) is 0.417. The Hall–Kier alpha value is -2.16. The molecule has 0 saturated carbocycles. The van der Waals surface area contributed by atoms with Gasteiger partial charge >= 0.3 is 6.03 Å². The molecule has 1 heterocycles. The summed E-state index contributed by atoms with van der Waals surface area (Å²) in [6.45, 7) is 0.264. The largest absolute Gasteiger partial charge is 0.338 e. The number of nitro benzene ring substituents is 1. The van der Waals surface area contributed by atoms with E-state index in [1.54, 1.807) is 0 Å². The minimum absolute atomic E-state index is 0.0779. The lowest BCUT2D eigenvalue weighted by atomic mass is 10.1. The average molecular weight is 313 g/mol. The molecule has 0 radical (unpaired) electrons. The van der Waals surface area contributed by atoms with Crippen LogP contribution in [0.25, 0.3) is 0 Å². The summed E-state index contributed by atoms with van der Waals surface area (Å²) in [5.74, 6) is 0.168. The number of non-ortho nitro benzene ring substituents is 1. The van der Waals surface area contributed by atoms with Crippen LogP contribution in [0.4, 0.5) is 16.2 Å². The van der Waals surface area contributed by atoms with E-state index in [1.807, 2.05) is 0 Å². The van der Waals surface area contributed by atoms with Crippen LogP contribution in [0.15, 0.2) is 24.3 Å². The van der Waals surface area contributed by atoms with E-state index in [2.05, 4.69) is 10.6 Å². The van der Waals surface area contributed by atoms with Gasteiger partial charge in [-0.3, -0.25) is 10.1 Å². The molecule has 2 rings (SSSR count). The maximum Gasteiger partial charge on any atom is 0.319 e. The smallest absolute Gasteiger partial charge is 0.319 e. The minimum Gasteiger partial charge on any atom is -0.338 e. The summed E-state index contributed by atoms with van der Waals surface area (Å²) in [5, 5.41) is 15.7. The SMILES string of the molecule is O=C(NCC1CCS(=O)(=O)C1)Nc1cccc([N+](=O)[O-])c1. The molecule has 9 heteroatoms. The molecule has 1 saturated heterocycles. The number of sulfone groups is 1. The van der Waals surface area contributed by atoms with E-state index in [0.717, 1.165) is 0 Å². The van der Waals surface area contributed by atoms with Crippen LogP contribution in [0.5, 0.6) is 0 Å². The fourth-order valence-electron chi connectivity index (χ4n) is 2.14. The summed E-state index contributed by atoms with van der Waals surface area (Å²) in [7, 11) is -2.96. The van der Waals surface area contributed by atoms with Crippen LogP contribution >= 0.6 is 0 Å². The second-order valence-corrected chi connectivity index (χ2v) is 7.14. The lowest BCUT2D eigenvalue weighted by Gasteiger charge is -2.10. The highest BCUT2D eigenvalue weighted by Gasteiger charge is 2.27. The third-order valence-electron chi connectivity index (χ3n) is 3.19. The zero-order valence-corrected chi connectivity index (χ0v) is 11.9. The van der Waals surface area contributed by atoms with E-state index in [0.29, 0.717) is 12.1 Å². The van der Waals surface area contributed by atoms with E-state index >= 15 is 0 Å². The highest BCUT2D eigenvalue weighted by Crippen LogP contribution is 2.18. The fourth-order valence-corrected chi connectivity index (χ4v) is 4.00. The van der Waals surface area contributed by atoms with E-state index in [1.165, 1.54) is 24.3 Å². The number of rotatable bonds is 4. The predicted octanol–water partition coefficient (Wildman–Crippen LogP) is 1.15. The third kappa shape index (κ3) is 4.42. The van der Waals surface area contributed by atoms with Crippen molar-refractivity contribution < 1.29 is 18.1 Å². The van der Waals surface area contributed by atoms with Gasteiger partial charge < -0.3 is 10.6 Å². The first-order chi connectivity index (χ1) is 9.85. The molecular weight excluding hydrogens is 298 g/mol. The first-order valence-corrected chi connectivity index (χ1v) is 8.17. The second-order valence-electron chi connectivity index (χ2n) is 4.91. The van der Waals surface area contributed by atoms with Gasteiger partial charge in [0.1, 0.15) is 0 Å². The molecule has 1 aromatic carbocycles. The molecule has 21 heavy (non-hydrogen) atoms. The van der Waals surface area contributed by atoms with Gasteiger partial charge in [0.05, 0.1) is 16.4 Å². The van der Waals surface area contributed by atoms with Gasteiger partial charge in [-0.15, -0.1) is 0 Å². The van der Waals surface area contributed by atoms with Crippen LogP contribution < -0.4 is 10.6 Å². The maximum absolute atomic E-state index is 11.7. The van der Waals surface area contributed by atoms with Gasteiger partial charge in [0.15, 0.2) is 9.84 Å². The van der Waals surface area contributed by atoms with Crippen LogP contribution in [0.3, 0.4) is 0 Å². The van der Waals surface area contributed by atoms with Crippen molar-refractivity contribution >= 4 is 27.2 Å². The molecular formula is C12H15N3O5S. The van der Waals surface area contributed by atoms with E-state index < -0.39 is 20.8 Å². The first-order valence-electron chi connectivity index (χ1n) is 6.35. The van der Waals surface area contributed by atoms with Gasteiger partial charge in [-0.25, -0.2) is 13.2 Å². The molecule has 0 bridgehead atoms. The molecule has 1 aromatic rings. The zero-order valence-electron chi connectivity index (χ0n) is 11.1. The maximum atomic E-state index is 11.7. The number of urea groups is 1. The summed E-state index contributed by atoms with van der Waals surface area (Å²) in [5.41, 5.74) is 0.190. The number of nitrogens with one attached hydrogen (secondary N) is 2. The van der Waals surface area contributed by atoms with Crippen LogP contribution in [-0.2, 0) is 9.84 Å². The Labute approximate surface area is 121 Å². The highest BCUT2D eigenvalue weighted by atomic mass is 32.2. The molecule has 1 aliphatic heterocycles. The van der Waals surface area contributed by atoms with Crippen LogP contribution in [0.1, 0.15) is 6.42 Å². The number of nitrogens with zero attached hydrogens (tertiary/aromatic N) is 1. The Bertz CT molecular complexity index is 659. The Morgan fingerprint density at radius 1 is 1.43 bits per heavy atom. The summed E-state index contributed by atoms with van der Waals surface area (Å²) in [4.78, 5) is 21.7. The molecule has 2 N–H and O–H groups in total. The van der Waals surface area contributed by atoms with Gasteiger partial charge in [0.2, 0.25) is 0 Å². The molecule has 1 atom stereocenters. The van der Waals surface area contributed by atoms with E-state index in [4.69, 9.17) is 0 Å². The monoisotopic (exact) mass is 313 g/mol. The van der Waals surface area contributed by atoms with Crippen molar-refractivity contribution in [3.63, 3.8) is 0 Å². The van der Waals surface area contributed by atoms with Crippen molar-refractivity contribution in [2.24, 2.45) is 5.92 Å². The van der Waals surface area contributed by atoms with Crippen molar-refractivity contribution in [3.8, 4) is 0 Å². The molecule has 1 unspecified atom stereocenters. The molecule has 0 spiro atoms. The number of carbonyl (C=O) groups is 1. The van der Waals surface area contributed by atoms with Crippen molar-refractivity contribution in [2.75, 3.05) is 23.4 Å². The number of benzene rings is 1. The zero-order chi connectivity index (χ0) is 15.5. The molecule has 114 valence electrons. The lowest BCUT2D eigenvalue weighted by Crippen LogP contribution is -2.33. The first kappa shape index (κ1) is 15.2. The summed E-state index contributed by atoms with van der Waals surface area (Å²) < 4.78 is 22.6. The number of amides is 2. The Balaban J connectivity index is 1.85. The van der Waals surface area contributed by atoms with Crippen molar-refractivity contribution in [1.82, 2.24) is 5.32 Å². The van der Waals surface area contributed by atoms with Gasteiger partial charge in [0, 0.05) is 24.4 Å². The van der Waals surface area contributed by atoms with Crippen LogP contribution in [0.2, 0.25) is 0 Å². The number of hydrogen-bond donors (Lipinski definition) is 2. The standard InChI is InChI=1S/C12H15N3O5S/c16-12(13-7-9-4-5-21(19,20)8-9)14-10-2-1-3-11(6-10)15(17)18/h1-3,6,9H,4-5,7-8H2,(H2,13,14,16). The van der Waals surface area contributed by atoms with Gasteiger partial charge in [-0.05, 0) is 18.4 Å². The van der Waals surface area contributed by atoms with Gasteiger partial charge in [0.25, 0.3) is 5.69 Å². The van der Waals surface area contributed by atoms with Crippen LogP contribution in [0, 0.1) is 16.0 Å². The lowest BCUT2D eigenvalue weighted by molar-refractivity contribution is -0.384. The Morgan fingerprint density at radius 3 is 2.81 bits per heavy atom. The summed E-state index contributed by atoms with van der Waals surface area (Å²) in [6.07, 6.45) is 0.541. The topological polar surface area (TPSA) is 118 Å². The number of nitro groups is 1. The molecule has 0 aromatic heterocycles. The number of anilines is 1. The quantitative estimate of drug-likeness (QED) is 0.638. The van der Waals surface area contributed by atoms with E-state index in [9.17, 15) is 23.3 Å². The van der Waals surface area contributed by atoms with Gasteiger partial charge in [-0.2, -0.15) is 0 Å². The second kappa shape index (κ2) is 6.08. The number of hydrogen-bond acceptors (Lipinski definition) is 5. The summed E-state index contributed by atoms with van der Waals surface area (Å²) in [6, 6.07) is 5.07. The normalized spacial score (nSPS) is 19.9. The summed E-state index contributed by atoms with van der Waals surface area (Å²) >= 11 is 0. The molecule has 1 aliphatic rings. The van der Waals surface area contributed by atoms with Crippen molar-refractivity contribution in [1.29, 1.82) is 0 Å². The van der Waals surface area contributed by atoms with Crippen molar-refractivity contribution in [3.05, 3.63) is 34.4 Å². The van der Waals surface area contributed by atoms with E-state index in [-0.39, 0.29) is 29.7 Å². The predicted molar refractivity (Wildman–Crippen MR) is 76.9 cm³/mol. The van der Waals surface area contributed by atoms with Crippen molar-refractivity contribution in [2.45, 2.75) is 6.42 Å². The average Bonchev–Trinajstić information content (AvgIpc) is 2.76. The number of carbonyl (C=O) groups excluding carboxylic acids is 1. The Morgan fingerprint density at radius 2 is 2.19 bits per heavy atom. The highest BCUT2D eigenvalue weighted by molar-refractivity contribution is 7.91. The minimum atomic E-state index is -2.96. The molecule has 0 aliphatic carbocycles. The van der Waals surface area contributed by atoms with Crippen LogP contribution in [-0.4, -0.2) is 37.4 Å². The molecule has 1 fully saturated rings. The third-order valence-corrected chi connectivity index (χ3v) is 5.03.